The summed E-state index contributed by atoms with van der Waals surface area (Å²) in [5, 5.41) is 7.41. The predicted molar refractivity (Wildman–Crippen MR) is 71.9 cm³/mol. The van der Waals surface area contributed by atoms with Crippen molar-refractivity contribution in [2.75, 3.05) is 11.1 Å². The normalized spacial score (nSPS) is 11.3. The number of benzene rings is 2. The van der Waals surface area contributed by atoms with Crippen molar-refractivity contribution >= 4 is 27.1 Å². The van der Waals surface area contributed by atoms with Crippen LogP contribution in [0.5, 0.6) is 0 Å². The van der Waals surface area contributed by atoms with E-state index in [2.05, 4.69) is 5.32 Å². The van der Waals surface area contributed by atoms with E-state index in [0.29, 0.717) is 0 Å². The van der Waals surface area contributed by atoms with Gasteiger partial charge < -0.3 is 11.1 Å². The van der Waals surface area contributed by atoms with E-state index in [1.54, 1.807) is 0 Å². The zero-order chi connectivity index (χ0) is 14.9. The molecule has 0 aromatic heterocycles. The van der Waals surface area contributed by atoms with Crippen LogP contribution in [0, 0.1) is 11.6 Å². The van der Waals surface area contributed by atoms with Gasteiger partial charge >= 0.3 is 0 Å². The van der Waals surface area contributed by atoms with Crippen LogP contribution in [-0.2, 0) is 10.0 Å². The molecule has 5 N–H and O–H groups in total. The quantitative estimate of drug-likeness (QED) is 0.754. The molecular weight excluding hydrogens is 288 g/mol. The highest BCUT2D eigenvalue weighted by molar-refractivity contribution is 7.89. The Bertz CT molecular complexity index is 743. The molecule has 0 fully saturated rings. The Labute approximate surface area is 114 Å². The Morgan fingerprint density at radius 3 is 2.20 bits per heavy atom. The van der Waals surface area contributed by atoms with Crippen molar-refractivity contribution in [3.8, 4) is 0 Å². The van der Waals surface area contributed by atoms with E-state index >= 15 is 0 Å². The first-order chi connectivity index (χ1) is 9.29. The molecular formula is C12H11F2N3O2S. The number of nitrogen functional groups attached to an aromatic ring is 1. The highest BCUT2D eigenvalue weighted by Crippen LogP contribution is 2.28. The zero-order valence-corrected chi connectivity index (χ0v) is 10.9. The van der Waals surface area contributed by atoms with Gasteiger partial charge in [0.2, 0.25) is 10.0 Å². The third-order valence-electron chi connectivity index (χ3n) is 2.58. The molecule has 2 aromatic rings. The van der Waals surface area contributed by atoms with E-state index in [1.165, 1.54) is 18.2 Å². The van der Waals surface area contributed by atoms with Gasteiger partial charge in [0.1, 0.15) is 17.3 Å². The van der Waals surface area contributed by atoms with Crippen LogP contribution in [0.4, 0.5) is 25.8 Å². The molecule has 8 heteroatoms. The Morgan fingerprint density at radius 1 is 1.05 bits per heavy atom. The average molecular weight is 299 g/mol. The number of nitrogens with two attached hydrogens (primary N) is 2. The van der Waals surface area contributed by atoms with Crippen LogP contribution >= 0.6 is 0 Å². The molecule has 0 atom stereocenters. The molecule has 0 aliphatic rings. The van der Waals surface area contributed by atoms with Crippen LogP contribution in [0.15, 0.2) is 41.3 Å². The summed E-state index contributed by atoms with van der Waals surface area (Å²) in [5.74, 6) is -1.66. The monoisotopic (exact) mass is 299 g/mol. The van der Waals surface area contributed by atoms with Gasteiger partial charge in [-0.05, 0) is 30.3 Å². The number of hydrogen-bond donors (Lipinski definition) is 3. The summed E-state index contributed by atoms with van der Waals surface area (Å²) < 4.78 is 49.5. The fraction of sp³-hybridized carbons (Fsp3) is 0. The summed E-state index contributed by atoms with van der Waals surface area (Å²) >= 11 is 0. The van der Waals surface area contributed by atoms with Gasteiger partial charge in [0.05, 0.1) is 16.3 Å². The van der Waals surface area contributed by atoms with Crippen molar-refractivity contribution in [1.29, 1.82) is 0 Å². The van der Waals surface area contributed by atoms with Crippen LogP contribution in [0.25, 0.3) is 0 Å². The van der Waals surface area contributed by atoms with Gasteiger partial charge in [-0.1, -0.05) is 6.07 Å². The molecule has 5 nitrogen and oxygen atoms in total. The molecule has 0 heterocycles. The minimum atomic E-state index is -3.94. The Kier molecular flexibility index (Phi) is 3.60. The second-order valence-corrected chi connectivity index (χ2v) is 5.58. The van der Waals surface area contributed by atoms with Crippen molar-refractivity contribution in [3.05, 3.63) is 48.0 Å². The predicted octanol–water partition coefficient (Wildman–Crippen LogP) is 1.94. The molecule has 0 saturated carbocycles. The largest absolute Gasteiger partial charge is 0.397 e. The number of hydrogen-bond acceptors (Lipinski definition) is 4. The molecule has 2 rings (SSSR count). The number of sulfonamides is 1. The molecule has 0 unspecified atom stereocenters. The van der Waals surface area contributed by atoms with Gasteiger partial charge in [-0.25, -0.2) is 22.3 Å². The molecule has 0 aliphatic carbocycles. The van der Waals surface area contributed by atoms with E-state index in [1.807, 2.05) is 0 Å². The lowest BCUT2D eigenvalue weighted by Gasteiger charge is -2.12. The second-order valence-electron chi connectivity index (χ2n) is 4.02. The highest BCUT2D eigenvalue weighted by atomic mass is 32.2. The van der Waals surface area contributed by atoms with Crippen molar-refractivity contribution in [3.63, 3.8) is 0 Å². The van der Waals surface area contributed by atoms with Crippen LogP contribution in [0.2, 0.25) is 0 Å². The van der Waals surface area contributed by atoms with Crippen molar-refractivity contribution in [2.45, 2.75) is 4.90 Å². The SMILES string of the molecule is Nc1ccc(S(N)(=O)=O)cc1Nc1c(F)cccc1F. The molecule has 0 bridgehead atoms. The minimum Gasteiger partial charge on any atom is -0.397 e. The zero-order valence-electron chi connectivity index (χ0n) is 10.1. The number of nitrogens with one attached hydrogen (secondary N) is 1. The summed E-state index contributed by atoms with van der Waals surface area (Å²) in [6.07, 6.45) is 0. The van der Waals surface area contributed by atoms with Gasteiger partial charge in [-0.3, -0.25) is 0 Å². The standard InChI is InChI=1S/C12H11F2N3O2S/c13-8-2-1-3-9(14)12(8)17-11-6-7(20(16,18)19)4-5-10(11)15/h1-6,17H,15H2,(H2,16,18,19). The topological polar surface area (TPSA) is 98.2 Å². The maximum absolute atomic E-state index is 13.5. The van der Waals surface area contributed by atoms with Crippen molar-refractivity contribution < 1.29 is 17.2 Å². The molecule has 2 aromatic carbocycles. The van der Waals surface area contributed by atoms with Crippen LogP contribution in [-0.4, -0.2) is 8.42 Å². The second kappa shape index (κ2) is 5.06. The number of anilines is 3. The lowest BCUT2D eigenvalue weighted by molar-refractivity contribution is 0.591. The number of primary sulfonamides is 1. The summed E-state index contributed by atoms with van der Waals surface area (Å²) in [4.78, 5) is -0.217. The average Bonchev–Trinajstić information content (AvgIpc) is 2.34. The Morgan fingerprint density at radius 2 is 1.65 bits per heavy atom. The van der Waals surface area contributed by atoms with E-state index in [9.17, 15) is 17.2 Å². The Hall–Kier alpha value is -2.19. The van der Waals surface area contributed by atoms with E-state index in [-0.39, 0.29) is 16.3 Å². The minimum absolute atomic E-state index is 0.0422. The molecule has 106 valence electrons. The highest BCUT2D eigenvalue weighted by Gasteiger charge is 2.13. The van der Waals surface area contributed by atoms with Gasteiger partial charge in [0, 0.05) is 0 Å². The third kappa shape index (κ3) is 2.86. The summed E-state index contributed by atoms with van der Waals surface area (Å²) in [7, 11) is -3.94. The third-order valence-corrected chi connectivity index (χ3v) is 3.49. The smallest absolute Gasteiger partial charge is 0.238 e. The van der Waals surface area contributed by atoms with Crippen molar-refractivity contribution in [1.82, 2.24) is 0 Å². The number of rotatable bonds is 3. The molecule has 20 heavy (non-hydrogen) atoms. The summed E-state index contributed by atoms with van der Waals surface area (Å²) in [6.45, 7) is 0. The first-order valence-electron chi connectivity index (χ1n) is 5.42. The number of halogens is 2. The van der Waals surface area contributed by atoms with Crippen LogP contribution in [0.3, 0.4) is 0 Å². The van der Waals surface area contributed by atoms with Crippen molar-refractivity contribution in [2.24, 2.45) is 5.14 Å². The Balaban J connectivity index is 2.49. The molecule has 0 amide bonds. The lowest BCUT2D eigenvalue weighted by Crippen LogP contribution is -2.12. The van der Waals surface area contributed by atoms with Gasteiger partial charge in [0.15, 0.2) is 0 Å². The molecule has 0 radical (unpaired) electrons. The maximum atomic E-state index is 13.5. The fourth-order valence-electron chi connectivity index (χ4n) is 1.57. The van der Waals surface area contributed by atoms with E-state index in [4.69, 9.17) is 10.9 Å². The van der Waals surface area contributed by atoms with Crippen LogP contribution in [0.1, 0.15) is 0 Å². The van der Waals surface area contributed by atoms with E-state index in [0.717, 1.165) is 18.2 Å². The van der Waals surface area contributed by atoms with E-state index < -0.39 is 27.3 Å². The maximum Gasteiger partial charge on any atom is 0.238 e. The molecule has 0 spiro atoms. The first-order valence-corrected chi connectivity index (χ1v) is 6.97. The molecule has 0 saturated heterocycles. The molecule has 0 aliphatic heterocycles. The summed E-state index contributed by atoms with van der Waals surface area (Å²) in [6, 6.07) is 6.92. The van der Waals surface area contributed by atoms with Gasteiger partial charge in [0.25, 0.3) is 0 Å². The lowest BCUT2D eigenvalue weighted by atomic mass is 10.2. The number of para-hydroxylation sites is 1. The summed E-state index contributed by atoms with van der Waals surface area (Å²) in [5.41, 5.74) is 5.38. The first kappa shape index (κ1) is 14.2. The van der Waals surface area contributed by atoms with Gasteiger partial charge in [-0.15, -0.1) is 0 Å². The van der Waals surface area contributed by atoms with Gasteiger partial charge in [-0.2, -0.15) is 0 Å². The fourth-order valence-corrected chi connectivity index (χ4v) is 2.11. The van der Waals surface area contributed by atoms with Crippen LogP contribution < -0.4 is 16.2 Å².